The summed E-state index contributed by atoms with van der Waals surface area (Å²) in [6, 6.07) is 13.2. The maximum atomic E-state index is 6.45. The lowest BCUT2D eigenvalue weighted by molar-refractivity contribution is 0.690. The van der Waals surface area contributed by atoms with Crippen LogP contribution < -0.4 is 5.32 Å². The van der Waals surface area contributed by atoms with E-state index in [-0.39, 0.29) is 6.04 Å². The fraction of sp³-hybridized carbons (Fsp3) is 0.368. The van der Waals surface area contributed by atoms with Crippen molar-refractivity contribution in [3.8, 4) is 0 Å². The third kappa shape index (κ3) is 3.48. The van der Waals surface area contributed by atoms with Crippen molar-refractivity contribution in [2.75, 3.05) is 7.05 Å². The van der Waals surface area contributed by atoms with Gasteiger partial charge in [-0.3, -0.25) is 0 Å². The van der Waals surface area contributed by atoms with Gasteiger partial charge in [-0.1, -0.05) is 55.8 Å². The first-order valence-corrected chi connectivity index (χ1v) is 8.03. The Kier molecular flexibility index (Phi) is 5.44. The minimum atomic E-state index is 0.134. The molecule has 0 radical (unpaired) electrons. The van der Waals surface area contributed by atoms with E-state index in [1.165, 1.54) is 22.3 Å². The molecule has 112 valence electrons. The van der Waals surface area contributed by atoms with Crippen molar-refractivity contribution in [1.29, 1.82) is 0 Å². The van der Waals surface area contributed by atoms with Crippen molar-refractivity contribution in [2.24, 2.45) is 0 Å². The molecule has 2 heteroatoms. The van der Waals surface area contributed by atoms with Crippen LogP contribution in [0.1, 0.15) is 47.7 Å². The number of hydrogen-bond acceptors (Lipinski definition) is 1. The van der Waals surface area contributed by atoms with E-state index in [4.69, 9.17) is 11.6 Å². The van der Waals surface area contributed by atoms with Crippen molar-refractivity contribution in [3.63, 3.8) is 0 Å². The van der Waals surface area contributed by atoms with Gasteiger partial charge in [0.25, 0.3) is 0 Å². The van der Waals surface area contributed by atoms with Gasteiger partial charge in [0.15, 0.2) is 0 Å². The lowest BCUT2D eigenvalue weighted by Gasteiger charge is -2.20. The monoisotopic (exact) mass is 301 g/mol. The standard InChI is InChI=1S/C19H24ClN/c1-5-14-8-9-16(12-15(14)6-2)19(21-4)17-10-7-13(3)11-18(17)20/h7-12,19,21H,5-6H2,1-4H3. The summed E-state index contributed by atoms with van der Waals surface area (Å²) in [5.41, 5.74) is 6.46. The molecule has 0 bridgehead atoms. The molecule has 0 saturated heterocycles. The average Bonchev–Trinajstić information content (AvgIpc) is 2.49. The zero-order valence-electron chi connectivity index (χ0n) is 13.3. The second kappa shape index (κ2) is 7.11. The average molecular weight is 302 g/mol. The highest BCUT2D eigenvalue weighted by molar-refractivity contribution is 6.31. The van der Waals surface area contributed by atoms with Gasteiger partial charge >= 0.3 is 0 Å². The highest BCUT2D eigenvalue weighted by Crippen LogP contribution is 2.30. The first-order chi connectivity index (χ1) is 10.1. The Morgan fingerprint density at radius 1 is 1.00 bits per heavy atom. The predicted molar refractivity (Wildman–Crippen MR) is 92.3 cm³/mol. The summed E-state index contributed by atoms with van der Waals surface area (Å²) in [7, 11) is 1.99. The van der Waals surface area contributed by atoms with Crippen LogP contribution in [0, 0.1) is 6.92 Å². The molecule has 0 saturated carbocycles. The van der Waals surface area contributed by atoms with Gasteiger partial charge in [-0.25, -0.2) is 0 Å². The molecule has 2 rings (SSSR count). The predicted octanol–water partition coefficient (Wildman–Crippen LogP) is 5.08. The summed E-state index contributed by atoms with van der Waals surface area (Å²) < 4.78 is 0. The van der Waals surface area contributed by atoms with Crippen LogP contribution in [0.15, 0.2) is 36.4 Å². The van der Waals surface area contributed by atoms with Crippen molar-refractivity contribution in [3.05, 3.63) is 69.2 Å². The topological polar surface area (TPSA) is 12.0 Å². The van der Waals surface area contributed by atoms with Gasteiger partial charge in [0.1, 0.15) is 0 Å². The van der Waals surface area contributed by atoms with E-state index in [9.17, 15) is 0 Å². The van der Waals surface area contributed by atoms with Crippen molar-refractivity contribution in [1.82, 2.24) is 5.32 Å². The zero-order valence-corrected chi connectivity index (χ0v) is 14.1. The number of halogens is 1. The molecule has 1 atom stereocenters. The van der Waals surface area contributed by atoms with Crippen LogP contribution in [0.4, 0.5) is 0 Å². The van der Waals surface area contributed by atoms with Crippen LogP contribution in [0.25, 0.3) is 0 Å². The molecule has 0 fully saturated rings. The van der Waals surface area contributed by atoms with E-state index in [0.717, 1.165) is 23.4 Å². The smallest absolute Gasteiger partial charge is 0.0589 e. The molecule has 0 aliphatic carbocycles. The van der Waals surface area contributed by atoms with E-state index in [1.54, 1.807) is 0 Å². The van der Waals surface area contributed by atoms with Crippen LogP contribution in [-0.4, -0.2) is 7.05 Å². The summed E-state index contributed by atoms with van der Waals surface area (Å²) >= 11 is 6.45. The molecular formula is C19H24ClN. The molecule has 2 aromatic rings. The maximum absolute atomic E-state index is 6.45. The molecule has 1 N–H and O–H groups in total. The Labute approximate surface area is 133 Å². The maximum Gasteiger partial charge on any atom is 0.0589 e. The summed E-state index contributed by atoms with van der Waals surface area (Å²) in [4.78, 5) is 0. The van der Waals surface area contributed by atoms with Crippen LogP contribution in [0.5, 0.6) is 0 Å². The Morgan fingerprint density at radius 2 is 1.71 bits per heavy atom. The molecular weight excluding hydrogens is 278 g/mol. The Balaban J connectivity index is 2.46. The molecule has 2 aromatic carbocycles. The highest BCUT2D eigenvalue weighted by Gasteiger charge is 2.16. The molecule has 0 aliphatic heterocycles. The molecule has 1 nitrogen and oxygen atoms in total. The van der Waals surface area contributed by atoms with Crippen molar-refractivity contribution in [2.45, 2.75) is 39.7 Å². The quantitative estimate of drug-likeness (QED) is 0.812. The minimum Gasteiger partial charge on any atom is -0.309 e. The largest absolute Gasteiger partial charge is 0.309 e. The Hall–Kier alpha value is -1.31. The molecule has 0 aromatic heterocycles. The summed E-state index contributed by atoms with van der Waals surface area (Å²) in [5.74, 6) is 0. The Bertz CT molecular complexity index is 619. The molecule has 0 aliphatic rings. The van der Waals surface area contributed by atoms with E-state index >= 15 is 0 Å². The summed E-state index contributed by atoms with van der Waals surface area (Å²) in [6.07, 6.45) is 2.15. The summed E-state index contributed by atoms with van der Waals surface area (Å²) in [6.45, 7) is 6.49. The molecule has 0 spiro atoms. The number of rotatable bonds is 5. The minimum absolute atomic E-state index is 0.134. The van der Waals surface area contributed by atoms with Crippen LogP contribution >= 0.6 is 11.6 Å². The van der Waals surface area contributed by atoms with E-state index in [0.29, 0.717) is 0 Å². The third-order valence-corrected chi connectivity index (χ3v) is 4.41. The third-order valence-electron chi connectivity index (χ3n) is 4.08. The lowest BCUT2D eigenvalue weighted by atomic mass is 9.93. The second-order valence-electron chi connectivity index (χ2n) is 5.48. The first kappa shape index (κ1) is 16.1. The molecule has 0 amide bonds. The SMILES string of the molecule is CCc1ccc(C(NC)c2ccc(C)cc2Cl)cc1CC. The molecule has 21 heavy (non-hydrogen) atoms. The molecule has 1 unspecified atom stereocenters. The van der Waals surface area contributed by atoms with Crippen molar-refractivity contribution >= 4 is 11.6 Å². The van der Waals surface area contributed by atoms with E-state index in [1.807, 2.05) is 13.1 Å². The first-order valence-electron chi connectivity index (χ1n) is 7.65. The number of benzene rings is 2. The van der Waals surface area contributed by atoms with Gasteiger partial charge in [-0.15, -0.1) is 0 Å². The lowest BCUT2D eigenvalue weighted by Crippen LogP contribution is -2.18. The zero-order chi connectivity index (χ0) is 15.4. The van der Waals surface area contributed by atoms with Gasteiger partial charge in [0, 0.05) is 5.02 Å². The molecule has 0 heterocycles. The van der Waals surface area contributed by atoms with Crippen LogP contribution in [-0.2, 0) is 12.8 Å². The number of hydrogen-bond donors (Lipinski definition) is 1. The van der Waals surface area contributed by atoms with Gasteiger partial charge in [0.05, 0.1) is 6.04 Å². The Morgan fingerprint density at radius 3 is 2.29 bits per heavy atom. The normalized spacial score (nSPS) is 12.4. The highest BCUT2D eigenvalue weighted by atomic mass is 35.5. The number of aryl methyl sites for hydroxylation is 3. The number of nitrogens with one attached hydrogen (secondary N) is 1. The van der Waals surface area contributed by atoms with Gasteiger partial charge < -0.3 is 5.32 Å². The fourth-order valence-electron chi connectivity index (χ4n) is 2.87. The van der Waals surface area contributed by atoms with Crippen LogP contribution in [0.3, 0.4) is 0 Å². The van der Waals surface area contributed by atoms with Crippen molar-refractivity contribution < 1.29 is 0 Å². The second-order valence-corrected chi connectivity index (χ2v) is 5.89. The summed E-state index contributed by atoms with van der Waals surface area (Å²) in [5, 5.41) is 4.23. The van der Waals surface area contributed by atoms with Gasteiger partial charge in [-0.2, -0.15) is 0 Å². The van der Waals surface area contributed by atoms with Gasteiger partial charge in [0.2, 0.25) is 0 Å². The van der Waals surface area contributed by atoms with Gasteiger partial charge in [-0.05, 0) is 60.7 Å². The van der Waals surface area contributed by atoms with E-state index < -0.39 is 0 Å². The van der Waals surface area contributed by atoms with E-state index in [2.05, 4.69) is 56.4 Å². The fourth-order valence-corrected chi connectivity index (χ4v) is 3.21. The van der Waals surface area contributed by atoms with Crippen LogP contribution in [0.2, 0.25) is 5.02 Å².